The summed E-state index contributed by atoms with van der Waals surface area (Å²) >= 11 is 0. The van der Waals surface area contributed by atoms with E-state index in [0.717, 1.165) is 17.6 Å². The van der Waals surface area contributed by atoms with Crippen molar-refractivity contribution in [1.29, 1.82) is 0 Å². The lowest BCUT2D eigenvalue weighted by Crippen LogP contribution is -2.38. The zero-order valence-corrected chi connectivity index (χ0v) is 13.4. The van der Waals surface area contributed by atoms with Crippen molar-refractivity contribution < 1.29 is 9.15 Å². The summed E-state index contributed by atoms with van der Waals surface area (Å²) in [5.41, 5.74) is 0.835. The number of H-pyrrole nitrogens is 1. The number of benzene rings is 1. The van der Waals surface area contributed by atoms with E-state index in [4.69, 9.17) is 9.15 Å². The fourth-order valence-corrected chi connectivity index (χ4v) is 3.03. The highest BCUT2D eigenvalue weighted by Crippen LogP contribution is 2.22. The van der Waals surface area contributed by atoms with Crippen molar-refractivity contribution in [3.05, 3.63) is 58.2 Å². The van der Waals surface area contributed by atoms with Gasteiger partial charge in [-0.15, -0.1) is 10.2 Å². The Labute approximate surface area is 138 Å². The number of hydrogen-bond acceptors (Lipinski definition) is 6. The van der Waals surface area contributed by atoms with Crippen LogP contribution in [0.15, 0.2) is 39.5 Å². The van der Waals surface area contributed by atoms with Gasteiger partial charge in [0.15, 0.2) is 0 Å². The molecule has 4 rings (SSSR count). The van der Waals surface area contributed by atoms with Crippen molar-refractivity contribution in [2.45, 2.75) is 19.6 Å². The molecule has 1 aliphatic rings. The van der Waals surface area contributed by atoms with Gasteiger partial charge < -0.3 is 14.1 Å². The van der Waals surface area contributed by atoms with Crippen LogP contribution in [-0.4, -0.2) is 39.8 Å². The monoisotopic (exact) mass is 326 g/mol. The molecule has 0 saturated carbocycles. The fourth-order valence-electron chi connectivity index (χ4n) is 3.03. The van der Waals surface area contributed by atoms with Gasteiger partial charge in [0.1, 0.15) is 6.10 Å². The van der Waals surface area contributed by atoms with E-state index >= 15 is 0 Å². The lowest BCUT2D eigenvalue weighted by atomic mass is 10.1. The predicted molar refractivity (Wildman–Crippen MR) is 87.6 cm³/mol. The van der Waals surface area contributed by atoms with Gasteiger partial charge in [-0.1, -0.05) is 18.2 Å². The molecule has 1 atom stereocenters. The van der Waals surface area contributed by atoms with Gasteiger partial charge in [0.2, 0.25) is 11.8 Å². The molecule has 1 aliphatic heterocycles. The topological polar surface area (TPSA) is 84.2 Å². The van der Waals surface area contributed by atoms with Crippen LogP contribution < -0.4 is 5.56 Å². The van der Waals surface area contributed by atoms with E-state index in [0.29, 0.717) is 36.9 Å². The van der Waals surface area contributed by atoms with Crippen LogP contribution in [0.1, 0.15) is 23.6 Å². The highest BCUT2D eigenvalue weighted by atomic mass is 16.5. The number of ether oxygens (including phenoxy) is 1. The van der Waals surface area contributed by atoms with E-state index in [1.165, 1.54) is 0 Å². The first-order valence-corrected chi connectivity index (χ1v) is 7.94. The number of hydrogen-bond donors (Lipinski definition) is 1. The van der Waals surface area contributed by atoms with Gasteiger partial charge >= 0.3 is 0 Å². The van der Waals surface area contributed by atoms with E-state index in [-0.39, 0.29) is 11.7 Å². The van der Waals surface area contributed by atoms with Gasteiger partial charge in [0.25, 0.3) is 5.56 Å². The number of pyridine rings is 1. The highest BCUT2D eigenvalue weighted by Gasteiger charge is 2.26. The molecule has 1 unspecified atom stereocenters. The van der Waals surface area contributed by atoms with Crippen LogP contribution in [-0.2, 0) is 11.3 Å². The minimum Gasteiger partial charge on any atom is -0.423 e. The molecule has 1 N–H and O–H groups in total. The Balaban J connectivity index is 1.53. The second-order valence-corrected chi connectivity index (χ2v) is 5.96. The van der Waals surface area contributed by atoms with Crippen LogP contribution in [0.4, 0.5) is 0 Å². The third-order valence-electron chi connectivity index (χ3n) is 4.17. The first kappa shape index (κ1) is 15.0. The van der Waals surface area contributed by atoms with E-state index in [9.17, 15) is 4.79 Å². The van der Waals surface area contributed by atoms with Crippen molar-refractivity contribution >= 4 is 10.8 Å². The molecule has 1 aromatic carbocycles. The molecule has 0 aliphatic carbocycles. The summed E-state index contributed by atoms with van der Waals surface area (Å²) in [5, 5.41) is 9.56. The number of rotatable bonds is 3. The van der Waals surface area contributed by atoms with Crippen LogP contribution >= 0.6 is 0 Å². The van der Waals surface area contributed by atoms with Crippen molar-refractivity contribution in [3.63, 3.8) is 0 Å². The number of aromatic nitrogens is 3. The van der Waals surface area contributed by atoms with E-state index in [2.05, 4.69) is 20.1 Å². The van der Waals surface area contributed by atoms with Crippen LogP contribution in [0.3, 0.4) is 0 Å². The molecule has 2 aromatic heterocycles. The standard InChI is InChI=1S/C17H18N4O3/c1-11-19-20-17(24-11)15-10-21(6-7-23-15)9-13-8-12-4-2-3-5-14(12)16(22)18-13/h2-5,8,15H,6-7,9-10H2,1H3,(H,18,22). The van der Waals surface area contributed by atoms with Crippen LogP contribution in [0.5, 0.6) is 0 Å². The van der Waals surface area contributed by atoms with Crippen LogP contribution in [0.2, 0.25) is 0 Å². The first-order chi connectivity index (χ1) is 11.7. The zero-order chi connectivity index (χ0) is 16.5. The smallest absolute Gasteiger partial charge is 0.256 e. The summed E-state index contributed by atoms with van der Waals surface area (Å²) in [6.07, 6.45) is -0.230. The Morgan fingerprint density at radius 2 is 2.21 bits per heavy atom. The second-order valence-electron chi connectivity index (χ2n) is 5.96. The quantitative estimate of drug-likeness (QED) is 0.790. The maximum absolute atomic E-state index is 12.2. The van der Waals surface area contributed by atoms with Gasteiger partial charge in [-0.25, -0.2) is 0 Å². The number of nitrogens with one attached hydrogen (secondary N) is 1. The molecule has 0 bridgehead atoms. The Bertz CT molecular complexity index is 917. The predicted octanol–water partition coefficient (Wildman–Crippen LogP) is 1.79. The summed E-state index contributed by atoms with van der Waals surface area (Å²) in [5.74, 6) is 1.04. The van der Waals surface area contributed by atoms with Gasteiger partial charge in [0, 0.05) is 37.6 Å². The molecule has 0 amide bonds. The molecule has 3 heterocycles. The lowest BCUT2D eigenvalue weighted by Gasteiger charge is -2.31. The molecule has 7 nitrogen and oxygen atoms in total. The SMILES string of the molecule is Cc1nnc(C2CN(Cc3cc4ccccc4c(=O)[nH]3)CCO2)o1. The number of nitrogens with zero attached hydrogens (tertiary/aromatic N) is 3. The molecule has 3 aromatic rings. The molecule has 7 heteroatoms. The van der Waals surface area contributed by atoms with Crippen LogP contribution in [0, 0.1) is 6.92 Å². The molecule has 1 fully saturated rings. The third kappa shape index (κ3) is 2.95. The van der Waals surface area contributed by atoms with Gasteiger partial charge in [-0.05, 0) is 17.5 Å². The fraction of sp³-hybridized carbons (Fsp3) is 0.353. The summed E-state index contributed by atoms with van der Waals surface area (Å²) in [7, 11) is 0. The van der Waals surface area contributed by atoms with Crippen molar-refractivity contribution in [3.8, 4) is 0 Å². The van der Waals surface area contributed by atoms with Gasteiger partial charge in [0.05, 0.1) is 6.61 Å². The largest absolute Gasteiger partial charge is 0.423 e. The molecular formula is C17H18N4O3. The number of fused-ring (bicyclic) bond motifs is 1. The summed E-state index contributed by atoms with van der Waals surface area (Å²) in [4.78, 5) is 17.4. The first-order valence-electron chi connectivity index (χ1n) is 7.94. The van der Waals surface area contributed by atoms with E-state index < -0.39 is 0 Å². The van der Waals surface area contributed by atoms with Crippen molar-refractivity contribution in [2.75, 3.05) is 19.7 Å². The molecule has 0 spiro atoms. The Morgan fingerprint density at radius 1 is 1.33 bits per heavy atom. The highest BCUT2D eigenvalue weighted by molar-refractivity contribution is 5.81. The lowest BCUT2D eigenvalue weighted by molar-refractivity contribution is -0.0460. The Morgan fingerprint density at radius 3 is 3.04 bits per heavy atom. The average molecular weight is 326 g/mol. The zero-order valence-electron chi connectivity index (χ0n) is 13.4. The molecule has 24 heavy (non-hydrogen) atoms. The summed E-state index contributed by atoms with van der Waals surface area (Å²) < 4.78 is 11.2. The third-order valence-corrected chi connectivity index (χ3v) is 4.17. The normalized spacial score (nSPS) is 19.0. The minimum absolute atomic E-state index is 0.0552. The van der Waals surface area contributed by atoms with Gasteiger partial charge in [-0.2, -0.15) is 0 Å². The average Bonchev–Trinajstić information content (AvgIpc) is 3.02. The molecular weight excluding hydrogens is 308 g/mol. The second kappa shape index (κ2) is 6.18. The van der Waals surface area contributed by atoms with E-state index in [1.54, 1.807) is 6.92 Å². The molecule has 0 radical (unpaired) electrons. The number of morpholine rings is 1. The Kier molecular flexibility index (Phi) is 3.87. The molecule has 1 saturated heterocycles. The number of aromatic amines is 1. The summed E-state index contributed by atoms with van der Waals surface area (Å²) in [6.45, 7) is 4.43. The molecule has 124 valence electrons. The maximum atomic E-state index is 12.2. The summed E-state index contributed by atoms with van der Waals surface area (Å²) in [6, 6.07) is 9.63. The minimum atomic E-state index is -0.230. The van der Waals surface area contributed by atoms with Crippen LogP contribution in [0.25, 0.3) is 10.8 Å². The van der Waals surface area contributed by atoms with Gasteiger partial charge in [-0.3, -0.25) is 9.69 Å². The van der Waals surface area contributed by atoms with Crippen molar-refractivity contribution in [2.24, 2.45) is 0 Å². The Hall–Kier alpha value is -2.51. The maximum Gasteiger partial charge on any atom is 0.256 e. The number of aryl methyl sites for hydroxylation is 1. The van der Waals surface area contributed by atoms with Crippen molar-refractivity contribution in [1.82, 2.24) is 20.1 Å². The van der Waals surface area contributed by atoms with E-state index in [1.807, 2.05) is 30.3 Å².